The summed E-state index contributed by atoms with van der Waals surface area (Å²) in [7, 11) is 0. The normalized spacial score (nSPS) is 19.2. The molecule has 2 aromatic heterocycles. The fourth-order valence-electron chi connectivity index (χ4n) is 2.38. The quantitative estimate of drug-likeness (QED) is 0.827. The number of likely N-dealkylation sites (tertiary alicyclic amines) is 1. The molecule has 0 N–H and O–H groups in total. The first-order valence-corrected chi connectivity index (χ1v) is 7.01. The number of nitrogens with zero attached hydrogens (tertiary/aromatic N) is 5. The highest BCUT2D eigenvalue weighted by atomic mass is 19.4. The highest BCUT2D eigenvalue weighted by Crippen LogP contribution is 2.28. The van der Waals surface area contributed by atoms with Gasteiger partial charge in [-0.15, -0.1) is 10.2 Å². The maximum absolute atomic E-state index is 12.4. The van der Waals surface area contributed by atoms with Crippen molar-refractivity contribution in [3.63, 3.8) is 0 Å². The monoisotopic (exact) mass is 329 g/mol. The van der Waals surface area contributed by atoms with Gasteiger partial charge in [-0.25, -0.2) is 4.98 Å². The molecule has 0 spiro atoms. The van der Waals surface area contributed by atoms with Crippen LogP contribution in [0.25, 0.3) is 0 Å². The fraction of sp³-hybridized carbons (Fsp3) is 0.538. The molecule has 10 heteroatoms. The summed E-state index contributed by atoms with van der Waals surface area (Å²) in [5.41, 5.74) is 0. The second-order valence-corrected chi connectivity index (χ2v) is 5.24. The molecular weight excluding hydrogens is 315 g/mol. The molecule has 0 bridgehead atoms. The van der Waals surface area contributed by atoms with Gasteiger partial charge in [0.25, 0.3) is 0 Å². The van der Waals surface area contributed by atoms with E-state index in [9.17, 15) is 13.2 Å². The van der Waals surface area contributed by atoms with E-state index in [2.05, 4.69) is 24.6 Å². The van der Waals surface area contributed by atoms with Crippen molar-refractivity contribution in [1.82, 2.24) is 25.1 Å². The standard InChI is InChI=1S/C13H14F3N5O2/c14-13(15,16)12-20-19-11(23-12)7-21-4-1-9(6-21)8-22-10-5-17-2-3-18-10/h2-3,5,9H,1,4,6-8H2. The lowest BCUT2D eigenvalue weighted by Crippen LogP contribution is -2.22. The van der Waals surface area contributed by atoms with Gasteiger partial charge in [-0.2, -0.15) is 13.2 Å². The molecular formula is C13H14F3N5O2. The molecule has 2 aromatic rings. The molecule has 3 heterocycles. The Balaban J connectivity index is 1.47. The summed E-state index contributed by atoms with van der Waals surface area (Å²) in [6.07, 6.45) is 0.904. The van der Waals surface area contributed by atoms with Crippen molar-refractivity contribution in [2.24, 2.45) is 5.92 Å². The minimum absolute atomic E-state index is 0.0344. The van der Waals surface area contributed by atoms with E-state index >= 15 is 0 Å². The molecule has 0 saturated carbocycles. The van der Waals surface area contributed by atoms with Gasteiger partial charge < -0.3 is 9.15 Å². The summed E-state index contributed by atoms with van der Waals surface area (Å²) in [6, 6.07) is 0. The minimum Gasteiger partial charge on any atom is -0.476 e. The summed E-state index contributed by atoms with van der Waals surface area (Å²) in [5, 5.41) is 6.45. The van der Waals surface area contributed by atoms with Crippen LogP contribution in [0, 0.1) is 5.92 Å². The predicted octanol–water partition coefficient (Wildman–Crippen LogP) is 1.78. The minimum atomic E-state index is -4.61. The third-order valence-electron chi connectivity index (χ3n) is 3.44. The number of hydrogen-bond donors (Lipinski definition) is 0. The Morgan fingerprint density at radius 1 is 1.30 bits per heavy atom. The van der Waals surface area contributed by atoms with E-state index in [1.807, 2.05) is 4.90 Å². The summed E-state index contributed by atoms with van der Waals surface area (Å²) >= 11 is 0. The molecule has 7 nitrogen and oxygen atoms in total. The van der Waals surface area contributed by atoms with Crippen molar-refractivity contribution in [2.45, 2.75) is 19.1 Å². The van der Waals surface area contributed by atoms with Gasteiger partial charge in [0.2, 0.25) is 11.8 Å². The Morgan fingerprint density at radius 2 is 2.17 bits per heavy atom. The first-order valence-electron chi connectivity index (χ1n) is 7.01. The predicted molar refractivity (Wildman–Crippen MR) is 70.2 cm³/mol. The Kier molecular flexibility index (Phi) is 4.42. The first kappa shape index (κ1) is 15.7. The Hall–Kier alpha value is -2.23. The molecule has 0 radical (unpaired) electrons. The van der Waals surface area contributed by atoms with Crippen LogP contribution in [0.2, 0.25) is 0 Å². The van der Waals surface area contributed by atoms with Crippen LogP contribution in [0.3, 0.4) is 0 Å². The fourth-order valence-corrected chi connectivity index (χ4v) is 2.38. The smallest absolute Gasteiger partial charge is 0.470 e. The van der Waals surface area contributed by atoms with Crippen LogP contribution in [0.4, 0.5) is 13.2 Å². The van der Waals surface area contributed by atoms with E-state index in [1.54, 1.807) is 12.4 Å². The van der Waals surface area contributed by atoms with Gasteiger partial charge in [-0.1, -0.05) is 0 Å². The van der Waals surface area contributed by atoms with Crippen LogP contribution in [-0.2, 0) is 12.7 Å². The topological polar surface area (TPSA) is 77.2 Å². The number of halogens is 3. The largest absolute Gasteiger partial charge is 0.476 e. The molecule has 0 amide bonds. The van der Waals surface area contributed by atoms with E-state index in [-0.39, 0.29) is 18.4 Å². The van der Waals surface area contributed by atoms with Gasteiger partial charge in [0, 0.05) is 24.9 Å². The van der Waals surface area contributed by atoms with Crippen molar-refractivity contribution in [1.29, 1.82) is 0 Å². The van der Waals surface area contributed by atoms with Crippen molar-refractivity contribution in [3.05, 3.63) is 30.4 Å². The average Bonchev–Trinajstić information content (AvgIpc) is 3.16. The molecule has 1 aliphatic rings. The summed E-state index contributed by atoms with van der Waals surface area (Å²) in [6.45, 7) is 2.10. The number of rotatable bonds is 5. The number of alkyl halides is 3. The van der Waals surface area contributed by atoms with E-state index in [0.717, 1.165) is 13.0 Å². The van der Waals surface area contributed by atoms with E-state index in [0.29, 0.717) is 19.0 Å². The lowest BCUT2D eigenvalue weighted by Gasteiger charge is -2.13. The van der Waals surface area contributed by atoms with Crippen LogP contribution in [0.1, 0.15) is 18.2 Å². The van der Waals surface area contributed by atoms with Crippen LogP contribution in [0.15, 0.2) is 23.0 Å². The van der Waals surface area contributed by atoms with E-state index in [4.69, 9.17) is 4.74 Å². The molecule has 1 unspecified atom stereocenters. The van der Waals surface area contributed by atoms with Crippen LogP contribution >= 0.6 is 0 Å². The second-order valence-electron chi connectivity index (χ2n) is 5.24. The number of hydrogen-bond acceptors (Lipinski definition) is 7. The molecule has 1 saturated heterocycles. The summed E-state index contributed by atoms with van der Waals surface area (Å²) in [5.74, 6) is -0.623. The molecule has 0 aliphatic carbocycles. The van der Waals surface area contributed by atoms with Crippen molar-refractivity contribution < 1.29 is 22.3 Å². The van der Waals surface area contributed by atoms with Crippen LogP contribution in [0.5, 0.6) is 5.88 Å². The van der Waals surface area contributed by atoms with Crippen molar-refractivity contribution in [2.75, 3.05) is 19.7 Å². The van der Waals surface area contributed by atoms with E-state index in [1.165, 1.54) is 6.20 Å². The Morgan fingerprint density at radius 3 is 2.87 bits per heavy atom. The maximum Gasteiger partial charge on any atom is 0.470 e. The van der Waals surface area contributed by atoms with Gasteiger partial charge in [0.05, 0.1) is 19.3 Å². The first-order chi connectivity index (χ1) is 11.0. The second kappa shape index (κ2) is 6.49. The summed E-state index contributed by atoms with van der Waals surface area (Å²) in [4.78, 5) is 9.88. The third kappa shape index (κ3) is 4.15. The van der Waals surface area contributed by atoms with Crippen molar-refractivity contribution >= 4 is 0 Å². The molecule has 1 atom stereocenters. The molecule has 1 aliphatic heterocycles. The van der Waals surface area contributed by atoms with Gasteiger partial charge in [-0.05, 0) is 13.0 Å². The molecule has 0 aromatic carbocycles. The highest BCUT2D eigenvalue weighted by Gasteiger charge is 2.38. The summed E-state index contributed by atoms with van der Waals surface area (Å²) < 4.78 is 47.4. The zero-order chi connectivity index (χ0) is 16.3. The Bertz CT molecular complexity index is 634. The maximum atomic E-state index is 12.4. The molecule has 23 heavy (non-hydrogen) atoms. The SMILES string of the molecule is FC(F)(F)c1nnc(CN2CCC(COc3cnccn3)C2)o1. The van der Waals surface area contributed by atoms with Gasteiger partial charge in [0.1, 0.15) is 0 Å². The Labute approximate surface area is 129 Å². The van der Waals surface area contributed by atoms with Gasteiger partial charge in [0.15, 0.2) is 0 Å². The zero-order valence-corrected chi connectivity index (χ0v) is 12.0. The van der Waals surface area contributed by atoms with Crippen LogP contribution < -0.4 is 4.74 Å². The zero-order valence-electron chi connectivity index (χ0n) is 12.0. The van der Waals surface area contributed by atoms with E-state index < -0.39 is 12.1 Å². The number of ether oxygens (including phenoxy) is 1. The van der Waals surface area contributed by atoms with Gasteiger partial charge in [-0.3, -0.25) is 9.88 Å². The number of aromatic nitrogens is 4. The lowest BCUT2D eigenvalue weighted by atomic mass is 10.1. The van der Waals surface area contributed by atoms with Crippen LogP contribution in [-0.4, -0.2) is 44.8 Å². The third-order valence-corrected chi connectivity index (χ3v) is 3.44. The lowest BCUT2D eigenvalue weighted by molar-refractivity contribution is -0.157. The highest BCUT2D eigenvalue weighted by molar-refractivity contribution is 5.01. The molecule has 1 fully saturated rings. The molecule has 124 valence electrons. The average molecular weight is 329 g/mol. The van der Waals surface area contributed by atoms with Gasteiger partial charge >= 0.3 is 12.1 Å². The van der Waals surface area contributed by atoms with Crippen molar-refractivity contribution in [3.8, 4) is 5.88 Å². The molecule has 3 rings (SSSR count).